The lowest BCUT2D eigenvalue weighted by Gasteiger charge is -2.10. The predicted molar refractivity (Wildman–Crippen MR) is 116 cm³/mol. The zero-order valence-electron chi connectivity index (χ0n) is 16.2. The number of aromatic nitrogens is 2. The maximum atomic E-state index is 13.2. The molecule has 1 aliphatic carbocycles. The van der Waals surface area contributed by atoms with Crippen LogP contribution in [-0.4, -0.2) is 15.3 Å². The SMILES string of the molecule is Cc1ccc(CNC(=O)c2ccc3nc4sc5c(c4c(=O)n3c2)CCCC5)cc1. The summed E-state index contributed by atoms with van der Waals surface area (Å²) in [6.07, 6.45) is 5.87. The number of amides is 1. The molecule has 4 aromatic rings. The fourth-order valence-electron chi connectivity index (χ4n) is 3.95. The van der Waals surface area contributed by atoms with Gasteiger partial charge in [0.15, 0.2) is 0 Å². The molecule has 1 amide bonds. The molecule has 0 unspecified atom stereocenters. The summed E-state index contributed by atoms with van der Waals surface area (Å²) in [4.78, 5) is 32.7. The van der Waals surface area contributed by atoms with Crippen molar-refractivity contribution < 1.29 is 4.79 Å². The Bertz CT molecular complexity index is 1300. The highest BCUT2D eigenvalue weighted by molar-refractivity contribution is 7.18. The molecule has 146 valence electrons. The zero-order chi connectivity index (χ0) is 20.0. The first-order chi connectivity index (χ1) is 14.1. The second-order valence-corrected chi connectivity index (χ2v) is 8.71. The van der Waals surface area contributed by atoms with Crippen molar-refractivity contribution in [3.63, 3.8) is 0 Å². The van der Waals surface area contributed by atoms with Crippen LogP contribution in [0.1, 0.15) is 44.8 Å². The molecule has 1 aromatic carbocycles. The van der Waals surface area contributed by atoms with Crippen LogP contribution in [0.25, 0.3) is 15.9 Å². The number of rotatable bonds is 3. The molecule has 0 aliphatic heterocycles. The molecule has 0 atom stereocenters. The summed E-state index contributed by atoms with van der Waals surface area (Å²) in [6, 6.07) is 11.5. The van der Waals surface area contributed by atoms with Crippen LogP contribution < -0.4 is 10.9 Å². The van der Waals surface area contributed by atoms with Crippen molar-refractivity contribution in [2.24, 2.45) is 0 Å². The van der Waals surface area contributed by atoms with E-state index in [1.165, 1.54) is 21.3 Å². The molecule has 0 saturated carbocycles. The first-order valence-electron chi connectivity index (χ1n) is 9.90. The van der Waals surface area contributed by atoms with Gasteiger partial charge in [0.25, 0.3) is 11.5 Å². The average Bonchev–Trinajstić information content (AvgIpc) is 3.11. The summed E-state index contributed by atoms with van der Waals surface area (Å²) < 4.78 is 1.52. The Morgan fingerprint density at radius 3 is 2.76 bits per heavy atom. The van der Waals surface area contributed by atoms with E-state index in [1.807, 2.05) is 31.2 Å². The fraction of sp³-hybridized carbons (Fsp3) is 0.261. The Labute approximate surface area is 172 Å². The Kier molecular flexibility index (Phi) is 4.43. The highest BCUT2D eigenvalue weighted by Crippen LogP contribution is 2.33. The second kappa shape index (κ2) is 7.12. The van der Waals surface area contributed by atoms with Crippen LogP contribution in [0.3, 0.4) is 0 Å². The monoisotopic (exact) mass is 403 g/mol. The minimum Gasteiger partial charge on any atom is -0.348 e. The Morgan fingerprint density at radius 1 is 1.14 bits per heavy atom. The van der Waals surface area contributed by atoms with E-state index in [1.54, 1.807) is 29.7 Å². The lowest BCUT2D eigenvalue weighted by Crippen LogP contribution is -2.24. The minimum atomic E-state index is -0.202. The van der Waals surface area contributed by atoms with Crippen LogP contribution in [0.4, 0.5) is 0 Å². The van der Waals surface area contributed by atoms with E-state index in [4.69, 9.17) is 4.98 Å². The van der Waals surface area contributed by atoms with Gasteiger partial charge in [-0.05, 0) is 55.9 Å². The average molecular weight is 404 g/mol. The van der Waals surface area contributed by atoms with Crippen LogP contribution in [0, 0.1) is 6.92 Å². The van der Waals surface area contributed by atoms with E-state index in [0.29, 0.717) is 17.8 Å². The van der Waals surface area contributed by atoms with Crippen molar-refractivity contribution in [1.29, 1.82) is 0 Å². The smallest absolute Gasteiger partial charge is 0.266 e. The number of benzene rings is 1. The first kappa shape index (κ1) is 18.1. The van der Waals surface area contributed by atoms with Crippen LogP contribution in [0.2, 0.25) is 0 Å². The van der Waals surface area contributed by atoms with Gasteiger partial charge in [0, 0.05) is 17.6 Å². The summed E-state index contributed by atoms with van der Waals surface area (Å²) in [6.45, 7) is 2.48. The first-order valence-corrected chi connectivity index (χ1v) is 10.7. The molecule has 1 N–H and O–H groups in total. The molecule has 0 fully saturated rings. The second-order valence-electron chi connectivity index (χ2n) is 7.62. The number of pyridine rings is 1. The summed E-state index contributed by atoms with van der Waals surface area (Å²) in [7, 11) is 0. The van der Waals surface area contributed by atoms with E-state index < -0.39 is 0 Å². The van der Waals surface area contributed by atoms with Gasteiger partial charge in [0.1, 0.15) is 10.5 Å². The van der Waals surface area contributed by atoms with Gasteiger partial charge < -0.3 is 5.32 Å². The van der Waals surface area contributed by atoms with Crippen LogP contribution in [0.15, 0.2) is 47.4 Å². The van der Waals surface area contributed by atoms with E-state index in [9.17, 15) is 9.59 Å². The maximum Gasteiger partial charge on any atom is 0.266 e. The number of fused-ring (bicyclic) bond motifs is 4. The van der Waals surface area contributed by atoms with Crippen molar-refractivity contribution in [3.05, 3.63) is 80.1 Å². The van der Waals surface area contributed by atoms with Gasteiger partial charge >= 0.3 is 0 Å². The largest absolute Gasteiger partial charge is 0.348 e. The van der Waals surface area contributed by atoms with Gasteiger partial charge in [-0.15, -0.1) is 11.3 Å². The van der Waals surface area contributed by atoms with Gasteiger partial charge in [-0.3, -0.25) is 14.0 Å². The molecule has 0 bridgehead atoms. The van der Waals surface area contributed by atoms with Gasteiger partial charge in [0.2, 0.25) is 0 Å². The summed E-state index contributed by atoms with van der Waals surface area (Å²) in [5, 5.41) is 3.66. The number of carbonyl (C=O) groups is 1. The molecule has 29 heavy (non-hydrogen) atoms. The highest BCUT2D eigenvalue weighted by Gasteiger charge is 2.20. The minimum absolute atomic E-state index is 0.0717. The fourth-order valence-corrected chi connectivity index (χ4v) is 5.21. The van der Waals surface area contributed by atoms with Crippen molar-refractivity contribution in [3.8, 4) is 0 Å². The number of nitrogens with one attached hydrogen (secondary N) is 1. The number of hydrogen-bond acceptors (Lipinski definition) is 4. The Morgan fingerprint density at radius 2 is 1.93 bits per heavy atom. The molecular formula is C23H21N3O2S. The standard InChI is InChI=1S/C23H21N3O2S/c1-14-6-8-15(9-7-14)12-24-21(27)16-10-11-19-25-22-20(23(28)26(19)13-16)17-4-2-3-5-18(17)29-22/h6-11,13H,2-5,12H2,1H3,(H,24,27). The van der Waals surface area contributed by atoms with Gasteiger partial charge in [-0.1, -0.05) is 29.8 Å². The van der Waals surface area contributed by atoms with Crippen molar-refractivity contribution >= 4 is 33.1 Å². The molecule has 3 aromatic heterocycles. The molecule has 6 heteroatoms. The number of carbonyl (C=O) groups excluding carboxylic acids is 1. The predicted octanol–water partition coefficient (Wildman–Crippen LogP) is 4.03. The summed E-state index contributed by atoms with van der Waals surface area (Å²) >= 11 is 1.64. The van der Waals surface area contributed by atoms with Gasteiger partial charge in [0.05, 0.1) is 10.9 Å². The van der Waals surface area contributed by atoms with Crippen LogP contribution in [0.5, 0.6) is 0 Å². The van der Waals surface area contributed by atoms with Crippen LogP contribution in [-0.2, 0) is 19.4 Å². The third kappa shape index (κ3) is 3.23. The molecule has 0 radical (unpaired) electrons. The summed E-state index contributed by atoms with van der Waals surface area (Å²) in [5.41, 5.74) is 4.35. The summed E-state index contributed by atoms with van der Waals surface area (Å²) in [5.74, 6) is -0.202. The highest BCUT2D eigenvalue weighted by atomic mass is 32.1. The van der Waals surface area contributed by atoms with Gasteiger partial charge in [-0.25, -0.2) is 4.98 Å². The molecular weight excluding hydrogens is 382 g/mol. The molecule has 5 rings (SSSR count). The molecule has 5 nitrogen and oxygen atoms in total. The van der Waals surface area contributed by atoms with E-state index >= 15 is 0 Å². The van der Waals surface area contributed by atoms with Gasteiger partial charge in [-0.2, -0.15) is 0 Å². The zero-order valence-corrected chi connectivity index (χ0v) is 17.0. The van der Waals surface area contributed by atoms with E-state index in [-0.39, 0.29) is 11.5 Å². The molecule has 1 aliphatic rings. The normalized spacial score (nSPS) is 13.6. The maximum absolute atomic E-state index is 13.2. The van der Waals surface area contributed by atoms with Crippen molar-refractivity contribution in [2.75, 3.05) is 0 Å². The number of aryl methyl sites for hydroxylation is 3. The molecule has 0 saturated heterocycles. The Hall–Kier alpha value is -2.99. The number of hydrogen-bond donors (Lipinski definition) is 1. The third-order valence-electron chi connectivity index (χ3n) is 5.56. The molecule has 0 spiro atoms. The quantitative estimate of drug-likeness (QED) is 0.562. The van der Waals surface area contributed by atoms with E-state index in [2.05, 4.69) is 5.32 Å². The van der Waals surface area contributed by atoms with Crippen molar-refractivity contribution in [2.45, 2.75) is 39.2 Å². The topological polar surface area (TPSA) is 63.5 Å². The number of nitrogens with zero attached hydrogens (tertiary/aromatic N) is 2. The van der Waals surface area contributed by atoms with E-state index in [0.717, 1.165) is 40.6 Å². The number of thiophene rings is 1. The lowest BCUT2D eigenvalue weighted by molar-refractivity contribution is 0.0950. The van der Waals surface area contributed by atoms with Crippen LogP contribution >= 0.6 is 11.3 Å². The van der Waals surface area contributed by atoms with Crippen molar-refractivity contribution in [1.82, 2.24) is 14.7 Å². The lowest BCUT2D eigenvalue weighted by atomic mass is 9.97. The third-order valence-corrected chi connectivity index (χ3v) is 6.75. The molecule has 3 heterocycles. The Balaban J connectivity index is 1.49.